The second kappa shape index (κ2) is 8.20. The quantitative estimate of drug-likeness (QED) is 0.737. The molecular weight excluding hydrogens is 262 g/mol. The minimum absolute atomic E-state index is 0.278. The fourth-order valence-corrected chi connectivity index (χ4v) is 2.69. The predicted octanol–water partition coefficient (Wildman–Crippen LogP) is 3.40. The molecule has 0 saturated carbocycles. The van der Waals surface area contributed by atoms with E-state index in [-0.39, 0.29) is 5.91 Å². The Morgan fingerprint density at radius 3 is 2.48 bits per heavy atom. The number of rotatable bonds is 8. The van der Waals surface area contributed by atoms with Gasteiger partial charge in [-0.15, -0.1) is 0 Å². The van der Waals surface area contributed by atoms with E-state index in [1.165, 1.54) is 11.3 Å². The van der Waals surface area contributed by atoms with Gasteiger partial charge in [0.25, 0.3) is 0 Å². The van der Waals surface area contributed by atoms with E-state index < -0.39 is 0 Å². The molecule has 0 bridgehead atoms. The Bertz CT molecular complexity index is 465. The van der Waals surface area contributed by atoms with Crippen molar-refractivity contribution < 1.29 is 4.79 Å². The van der Waals surface area contributed by atoms with Crippen LogP contribution in [0.25, 0.3) is 0 Å². The van der Waals surface area contributed by atoms with Gasteiger partial charge in [0.05, 0.1) is 5.69 Å². The van der Waals surface area contributed by atoms with Gasteiger partial charge in [0, 0.05) is 31.7 Å². The Labute approximate surface area is 129 Å². The minimum Gasteiger partial charge on any atom is -0.340 e. The Hall–Kier alpha value is -1.32. The van der Waals surface area contributed by atoms with Gasteiger partial charge in [-0.1, -0.05) is 20.3 Å². The molecule has 4 nitrogen and oxygen atoms in total. The maximum Gasteiger partial charge on any atom is 0.223 e. The zero-order chi connectivity index (χ0) is 16.0. The van der Waals surface area contributed by atoms with E-state index in [0.717, 1.165) is 37.9 Å². The molecule has 0 aliphatic carbocycles. The van der Waals surface area contributed by atoms with Crippen molar-refractivity contribution in [3.05, 3.63) is 17.0 Å². The molecule has 21 heavy (non-hydrogen) atoms. The number of aromatic nitrogens is 2. The summed E-state index contributed by atoms with van der Waals surface area (Å²) >= 11 is 0. The number of carbonyl (C=O) groups is 1. The van der Waals surface area contributed by atoms with Crippen LogP contribution in [0, 0.1) is 13.8 Å². The first-order chi connectivity index (χ1) is 9.92. The second-order valence-electron chi connectivity index (χ2n) is 5.97. The van der Waals surface area contributed by atoms with Gasteiger partial charge < -0.3 is 4.90 Å². The molecule has 0 aliphatic rings. The first-order valence-electron chi connectivity index (χ1n) is 8.20. The van der Waals surface area contributed by atoms with Crippen LogP contribution < -0.4 is 0 Å². The maximum atomic E-state index is 12.6. The summed E-state index contributed by atoms with van der Waals surface area (Å²) in [5.41, 5.74) is 3.45. The zero-order valence-electron chi connectivity index (χ0n) is 14.6. The van der Waals surface area contributed by atoms with Gasteiger partial charge in [-0.25, -0.2) is 0 Å². The van der Waals surface area contributed by atoms with Gasteiger partial charge in [-0.2, -0.15) is 5.10 Å². The molecule has 1 heterocycles. The standard InChI is InChI=1S/C17H31N3O/c1-7-9-12-20(13(3)8-2)17(21)11-10-16-14(4)18-19(6)15(16)5/h13H,7-12H2,1-6H3. The van der Waals surface area contributed by atoms with Crippen molar-refractivity contribution in [3.8, 4) is 0 Å². The molecule has 1 unspecified atom stereocenters. The summed E-state index contributed by atoms with van der Waals surface area (Å²) in [6.07, 6.45) is 4.60. The van der Waals surface area contributed by atoms with Gasteiger partial charge in [0.15, 0.2) is 0 Å². The SMILES string of the molecule is CCCCN(C(=O)CCc1c(C)nn(C)c1C)C(C)CC. The van der Waals surface area contributed by atoms with Crippen molar-refractivity contribution in [2.24, 2.45) is 7.05 Å². The van der Waals surface area contributed by atoms with E-state index in [1.54, 1.807) is 0 Å². The first kappa shape index (κ1) is 17.7. The van der Waals surface area contributed by atoms with Crippen LogP contribution in [-0.4, -0.2) is 33.2 Å². The van der Waals surface area contributed by atoms with Crippen LogP contribution in [0.3, 0.4) is 0 Å². The number of hydrogen-bond donors (Lipinski definition) is 0. The van der Waals surface area contributed by atoms with Crippen LogP contribution in [0.4, 0.5) is 0 Å². The van der Waals surface area contributed by atoms with Crippen LogP contribution in [-0.2, 0) is 18.3 Å². The maximum absolute atomic E-state index is 12.6. The zero-order valence-corrected chi connectivity index (χ0v) is 14.6. The topological polar surface area (TPSA) is 38.1 Å². The average Bonchev–Trinajstić information content (AvgIpc) is 2.70. The third-order valence-corrected chi connectivity index (χ3v) is 4.44. The van der Waals surface area contributed by atoms with Gasteiger partial charge in [0.2, 0.25) is 5.91 Å². The molecular formula is C17H31N3O. The fourth-order valence-electron chi connectivity index (χ4n) is 2.69. The molecule has 1 amide bonds. The number of hydrogen-bond acceptors (Lipinski definition) is 2. The highest BCUT2D eigenvalue weighted by atomic mass is 16.2. The van der Waals surface area contributed by atoms with Crippen molar-refractivity contribution >= 4 is 5.91 Å². The molecule has 0 saturated heterocycles. The van der Waals surface area contributed by atoms with E-state index in [1.807, 2.05) is 18.7 Å². The number of nitrogens with zero attached hydrogens (tertiary/aromatic N) is 3. The largest absolute Gasteiger partial charge is 0.340 e. The third kappa shape index (κ3) is 4.58. The van der Waals surface area contributed by atoms with E-state index in [4.69, 9.17) is 0 Å². The highest BCUT2D eigenvalue weighted by Gasteiger charge is 2.19. The van der Waals surface area contributed by atoms with Crippen molar-refractivity contribution in [2.75, 3.05) is 6.54 Å². The average molecular weight is 293 g/mol. The van der Waals surface area contributed by atoms with Gasteiger partial charge in [0.1, 0.15) is 0 Å². The molecule has 0 N–H and O–H groups in total. The smallest absolute Gasteiger partial charge is 0.223 e. The molecule has 1 atom stereocenters. The number of unbranched alkanes of at least 4 members (excludes halogenated alkanes) is 1. The minimum atomic E-state index is 0.278. The molecule has 0 fully saturated rings. The summed E-state index contributed by atoms with van der Waals surface area (Å²) in [5, 5.41) is 4.43. The highest BCUT2D eigenvalue weighted by Crippen LogP contribution is 2.16. The predicted molar refractivity (Wildman–Crippen MR) is 87.4 cm³/mol. The summed E-state index contributed by atoms with van der Waals surface area (Å²) in [7, 11) is 1.96. The molecule has 0 aromatic carbocycles. The van der Waals surface area contributed by atoms with Gasteiger partial charge >= 0.3 is 0 Å². The lowest BCUT2D eigenvalue weighted by Crippen LogP contribution is -2.39. The molecule has 0 spiro atoms. The van der Waals surface area contributed by atoms with E-state index in [2.05, 4.69) is 37.7 Å². The number of carbonyl (C=O) groups excluding carboxylic acids is 1. The Morgan fingerprint density at radius 1 is 1.33 bits per heavy atom. The molecule has 1 aromatic heterocycles. The summed E-state index contributed by atoms with van der Waals surface area (Å²) < 4.78 is 1.90. The summed E-state index contributed by atoms with van der Waals surface area (Å²) in [5.74, 6) is 0.278. The molecule has 1 rings (SSSR count). The van der Waals surface area contributed by atoms with Crippen LogP contribution in [0.15, 0.2) is 0 Å². The summed E-state index contributed by atoms with van der Waals surface area (Å²) in [6, 6.07) is 0.333. The Morgan fingerprint density at radius 2 is 2.00 bits per heavy atom. The molecule has 0 radical (unpaired) electrons. The lowest BCUT2D eigenvalue weighted by Gasteiger charge is -2.28. The Kier molecular flexibility index (Phi) is 6.93. The number of aryl methyl sites for hydroxylation is 2. The van der Waals surface area contributed by atoms with Gasteiger partial charge in [-0.3, -0.25) is 9.48 Å². The molecule has 1 aromatic rings. The Balaban J connectivity index is 2.68. The highest BCUT2D eigenvalue weighted by molar-refractivity contribution is 5.76. The van der Waals surface area contributed by atoms with Crippen LogP contribution in [0.5, 0.6) is 0 Å². The van der Waals surface area contributed by atoms with Crippen molar-refractivity contribution in [3.63, 3.8) is 0 Å². The number of amides is 1. The summed E-state index contributed by atoms with van der Waals surface area (Å²) in [4.78, 5) is 14.6. The van der Waals surface area contributed by atoms with Crippen LogP contribution in [0.1, 0.15) is 63.4 Å². The molecule has 120 valence electrons. The second-order valence-corrected chi connectivity index (χ2v) is 5.97. The van der Waals surface area contributed by atoms with Gasteiger partial charge in [-0.05, 0) is 45.6 Å². The molecule has 4 heteroatoms. The van der Waals surface area contributed by atoms with Crippen LogP contribution in [0.2, 0.25) is 0 Å². The van der Waals surface area contributed by atoms with E-state index >= 15 is 0 Å². The lowest BCUT2D eigenvalue weighted by atomic mass is 10.1. The van der Waals surface area contributed by atoms with Crippen LogP contribution >= 0.6 is 0 Å². The van der Waals surface area contributed by atoms with Crippen molar-refractivity contribution in [1.29, 1.82) is 0 Å². The van der Waals surface area contributed by atoms with E-state index in [0.29, 0.717) is 12.5 Å². The first-order valence-corrected chi connectivity index (χ1v) is 8.20. The lowest BCUT2D eigenvalue weighted by molar-refractivity contribution is -0.133. The summed E-state index contributed by atoms with van der Waals surface area (Å²) in [6.45, 7) is 11.4. The third-order valence-electron chi connectivity index (χ3n) is 4.44. The molecule has 0 aliphatic heterocycles. The fraction of sp³-hybridized carbons (Fsp3) is 0.765. The van der Waals surface area contributed by atoms with E-state index in [9.17, 15) is 4.79 Å². The van der Waals surface area contributed by atoms with Crippen molar-refractivity contribution in [1.82, 2.24) is 14.7 Å². The normalized spacial score (nSPS) is 12.5. The monoisotopic (exact) mass is 293 g/mol. The van der Waals surface area contributed by atoms with Crippen molar-refractivity contribution in [2.45, 2.75) is 72.8 Å².